The molecule has 4 rings (SSSR count). The number of rotatable bonds is 3. The summed E-state index contributed by atoms with van der Waals surface area (Å²) in [5.74, 6) is 0.864. The molecule has 1 aliphatic heterocycles. The number of aromatic nitrogens is 2. The molecule has 1 aromatic heterocycles. The van der Waals surface area contributed by atoms with Crippen LogP contribution in [0.15, 0.2) is 53.1 Å². The van der Waals surface area contributed by atoms with E-state index in [1.54, 1.807) is 36.4 Å². The second kappa shape index (κ2) is 7.71. The normalized spacial score (nSPS) is 17.1. The van der Waals surface area contributed by atoms with Crippen molar-refractivity contribution in [3.63, 3.8) is 0 Å². The van der Waals surface area contributed by atoms with E-state index in [0.717, 1.165) is 24.8 Å². The van der Waals surface area contributed by atoms with Crippen LogP contribution in [0.5, 0.6) is 0 Å². The van der Waals surface area contributed by atoms with Gasteiger partial charge in [0, 0.05) is 27.7 Å². The van der Waals surface area contributed by atoms with Gasteiger partial charge >= 0.3 is 0 Å². The van der Waals surface area contributed by atoms with Crippen LogP contribution >= 0.6 is 23.2 Å². The number of hydrogen-bond donors (Lipinski definition) is 0. The van der Waals surface area contributed by atoms with Crippen LogP contribution in [0.1, 0.15) is 41.6 Å². The van der Waals surface area contributed by atoms with Crippen LogP contribution < -0.4 is 0 Å². The second-order valence-electron chi connectivity index (χ2n) is 6.48. The van der Waals surface area contributed by atoms with E-state index in [0.29, 0.717) is 33.9 Å². The molecule has 7 heteroatoms. The zero-order valence-corrected chi connectivity index (χ0v) is 16.0. The summed E-state index contributed by atoms with van der Waals surface area (Å²) in [4.78, 5) is 19.3. The third kappa shape index (κ3) is 3.84. The van der Waals surface area contributed by atoms with Crippen LogP contribution in [-0.4, -0.2) is 27.5 Å². The monoisotopic (exact) mass is 401 g/mol. The Morgan fingerprint density at radius 3 is 2.67 bits per heavy atom. The Kier molecular flexibility index (Phi) is 5.14. The average molecular weight is 402 g/mol. The predicted octanol–water partition coefficient (Wildman–Crippen LogP) is 5.41. The SMILES string of the molecule is O=C(c1ccc(Cl)cc1)N1CCCCC1c1nc(-c2cccc(Cl)c2)no1. The topological polar surface area (TPSA) is 59.2 Å². The maximum atomic E-state index is 13.0. The summed E-state index contributed by atoms with van der Waals surface area (Å²) in [6.45, 7) is 0.654. The first-order valence-electron chi connectivity index (χ1n) is 8.78. The quantitative estimate of drug-likeness (QED) is 0.588. The third-order valence-corrected chi connectivity index (χ3v) is 5.15. The van der Waals surface area contributed by atoms with Gasteiger partial charge in [-0.2, -0.15) is 4.98 Å². The molecule has 1 atom stereocenters. The Morgan fingerprint density at radius 1 is 1.07 bits per heavy atom. The number of amides is 1. The zero-order chi connectivity index (χ0) is 18.8. The van der Waals surface area contributed by atoms with Crippen LogP contribution in [0.3, 0.4) is 0 Å². The Balaban J connectivity index is 1.61. The number of carbonyl (C=O) groups excluding carboxylic acids is 1. The zero-order valence-electron chi connectivity index (χ0n) is 14.4. The van der Waals surface area contributed by atoms with E-state index in [4.69, 9.17) is 27.7 Å². The van der Waals surface area contributed by atoms with Crippen molar-refractivity contribution in [3.8, 4) is 11.4 Å². The molecule has 1 amide bonds. The van der Waals surface area contributed by atoms with Crippen molar-refractivity contribution in [2.75, 3.05) is 6.54 Å². The lowest BCUT2D eigenvalue weighted by Gasteiger charge is -2.33. The van der Waals surface area contributed by atoms with Crippen molar-refractivity contribution in [1.82, 2.24) is 15.0 Å². The van der Waals surface area contributed by atoms with Gasteiger partial charge in [0.2, 0.25) is 11.7 Å². The first kappa shape index (κ1) is 18.0. The highest BCUT2D eigenvalue weighted by Gasteiger charge is 2.32. The Hall–Kier alpha value is -2.37. The predicted molar refractivity (Wildman–Crippen MR) is 104 cm³/mol. The number of halogens is 2. The highest BCUT2D eigenvalue weighted by atomic mass is 35.5. The van der Waals surface area contributed by atoms with E-state index in [1.165, 1.54) is 0 Å². The number of hydrogen-bond acceptors (Lipinski definition) is 4. The minimum absolute atomic E-state index is 0.0566. The Bertz CT molecular complexity index is 956. The van der Waals surface area contributed by atoms with E-state index < -0.39 is 0 Å². The molecule has 3 aromatic rings. The summed E-state index contributed by atoms with van der Waals surface area (Å²) < 4.78 is 5.51. The van der Waals surface area contributed by atoms with Crippen molar-refractivity contribution < 1.29 is 9.32 Å². The Morgan fingerprint density at radius 2 is 1.89 bits per heavy atom. The van der Waals surface area contributed by atoms with Gasteiger partial charge < -0.3 is 9.42 Å². The van der Waals surface area contributed by atoms with Crippen LogP contribution in [-0.2, 0) is 0 Å². The number of nitrogens with zero attached hydrogens (tertiary/aromatic N) is 3. The highest BCUT2D eigenvalue weighted by Crippen LogP contribution is 2.32. The maximum Gasteiger partial charge on any atom is 0.254 e. The van der Waals surface area contributed by atoms with Gasteiger partial charge in [-0.05, 0) is 55.7 Å². The van der Waals surface area contributed by atoms with Gasteiger partial charge in [0.15, 0.2) is 0 Å². The third-order valence-electron chi connectivity index (χ3n) is 4.66. The molecule has 27 heavy (non-hydrogen) atoms. The minimum Gasteiger partial charge on any atom is -0.337 e. The molecule has 0 radical (unpaired) electrons. The van der Waals surface area contributed by atoms with E-state index in [9.17, 15) is 4.79 Å². The lowest BCUT2D eigenvalue weighted by molar-refractivity contribution is 0.0561. The molecule has 1 fully saturated rings. The molecule has 0 N–H and O–H groups in total. The molecule has 0 aliphatic carbocycles. The Labute approximate surface area is 166 Å². The standard InChI is InChI=1S/C20H17Cl2N3O2/c21-15-9-7-13(8-10-15)20(26)25-11-2-1-6-17(25)19-23-18(24-27-19)14-4-3-5-16(22)12-14/h3-5,7-10,12,17H,1-2,6,11H2. The molecule has 1 aliphatic rings. The smallest absolute Gasteiger partial charge is 0.254 e. The van der Waals surface area contributed by atoms with Crippen LogP contribution in [0.4, 0.5) is 0 Å². The minimum atomic E-state index is -0.234. The average Bonchev–Trinajstić information content (AvgIpc) is 3.18. The molecule has 5 nitrogen and oxygen atoms in total. The lowest BCUT2D eigenvalue weighted by atomic mass is 10.0. The molecule has 0 saturated carbocycles. The summed E-state index contributed by atoms with van der Waals surface area (Å²) >= 11 is 12.0. The van der Waals surface area contributed by atoms with Gasteiger partial charge in [0.1, 0.15) is 6.04 Å². The fourth-order valence-corrected chi connectivity index (χ4v) is 3.62. The van der Waals surface area contributed by atoms with Crippen molar-refractivity contribution in [3.05, 3.63) is 70.0 Å². The summed E-state index contributed by atoms with van der Waals surface area (Å²) in [5, 5.41) is 5.29. The fraction of sp³-hybridized carbons (Fsp3) is 0.250. The molecule has 0 spiro atoms. The van der Waals surface area contributed by atoms with Crippen LogP contribution in [0, 0.1) is 0 Å². The first-order chi connectivity index (χ1) is 13.1. The van der Waals surface area contributed by atoms with Gasteiger partial charge in [-0.25, -0.2) is 0 Å². The van der Waals surface area contributed by atoms with Gasteiger partial charge in [-0.1, -0.05) is 40.5 Å². The molecular weight excluding hydrogens is 385 g/mol. The fourth-order valence-electron chi connectivity index (χ4n) is 3.31. The summed E-state index contributed by atoms with van der Waals surface area (Å²) in [6.07, 6.45) is 2.74. The lowest BCUT2D eigenvalue weighted by Crippen LogP contribution is -2.38. The first-order valence-corrected chi connectivity index (χ1v) is 9.53. The van der Waals surface area contributed by atoms with Crippen LogP contribution in [0.2, 0.25) is 10.0 Å². The summed E-state index contributed by atoms with van der Waals surface area (Å²) in [7, 11) is 0. The summed E-state index contributed by atoms with van der Waals surface area (Å²) in [6, 6.07) is 14.0. The maximum absolute atomic E-state index is 13.0. The number of carbonyl (C=O) groups is 1. The molecule has 2 aromatic carbocycles. The van der Waals surface area contributed by atoms with Gasteiger partial charge in [0.25, 0.3) is 5.91 Å². The number of benzene rings is 2. The molecule has 1 saturated heterocycles. The largest absolute Gasteiger partial charge is 0.337 e. The van der Waals surface area contributed by atoms with E-state index >= 15 is 0 Å². The molecular formula is C20H17Cl2N3O2. The molecule has 1 unspecified atom stereocenters. The van der Waals surface area contributed by atoms with Crippen molar-refractivity contribution in [2.24, 2.45) is 0 Å². The van der Waals surface area contributed by atoms with Crippen molar-refractivity contribution in [2.45, 2.75) is 25.3 Å². The molecule has 2 heterocycles. The summed E-state index contributed by atoms with van der Waals surface area (Å²) in [5.41, 5.74) is 1.38. The number of piperidine rings is 1. The van der Waals surface area contributed by atoms with Crippen LogP contribution in [0.25, 0.3) is 11.4 Å². The highest BCUT2D eigenvalue weighted by molar-refractivity contribution is 6.31. The van der Waals surface area contributed by atoms with Gasteiger partial charge in [-0.15, -0.1) is 0 Å². The second-order valence-corrected chi connectivity index (χ2v) is 7.36. The van der Waals surface area contributed by atoms with Crippen molar-refractivity contribution in [1.29, 1.82) is 0 Å². The molecule has 138 valence electrons. The van der Waals surface area contributed by atoms with Crippen molar-refractivity contribution >= 4 is 29.1 Å². The molecule has 0 bridgehead atoms. The van der Waals surface area contributed by atoms with E-state index in [1.807, 2.05) is 17.0 Å². The van der Waals surface area contributed by atoms with E-state index in [-0.39, 0.29) is 11.9 Å². The van der Waals surface area contributed by atoms with Gasteiger partial charge in [-0.3, -0.25) is 4.79 Å². The number of likely N-dealkylation sites (tertiary alicyclic amines) is 1. The van der Waals surface area contributed by atoms with E-state index in [2.05, 4.69) is 10.1 Å². The van der Waals surface area contributed by atoms with Gasteiger partial charge in [0.05, 0.1) is 0 Å².